The highest BCUT2D eigenvalue weighted by Crippen LogP contribution is 2.19. The number of primary amides is 1. The number of hydrogen-bond donors (Lipinski definition) is 1. The molecule has 0 radical (unpaired) electrons. The molecule has 1 heterocycles. The zero-order chi connectivity index (χ0) is 10.6. The van der Waals surface area contributed by atoms with E-state index in [0.29, 0.717) is 18.4 Å². The maximum Gasteiger partial charge on any atom is 0.218 e. The predicted octanol–water partition coefficient (Wildman–Crippen LogP) is 0.219. The number of rotatable bonds is 4. The summed E-state index contributed by atoms with van der Waals surface area (Å²) in [5.41, 5.74) is 5.11. The number of hydrogen-bond acceptors (Lipinski definition) is 3. The molecule has 4 nitrogen and oxygen atoms in total. The van der Waals surface area contributed by atoms with Gasteiger partial charge in [-0.25, -0.2) is 0 Å². The molecular weight excluding hydrogens is 180 g/mol. The van der Waals surface area contributed by atoms with Crippen LogP contribution in [0.1, 0.15) is 19.8 Å². The Kier molecular flexibility index (Phi) is 4.35. The maximum atomic E-state index is 10.6. The largest absolute Gasteiger partial charge is 0.380 e. The second kappa shape index (κ2) is 5.32. The van der Waals surface area contributed by atoms with Gasteiger partial charge in [0.1, 0.15) is 0 Å². The predicted molar refractivity (Wildman–Crippen MR) is 54.8 cm³/mol. The van der Waals surface area contributed by atoms with Crippen LogP contribution in [0.3, 0.4) is 0 Å². The Balaban J connectivity index is 2.31. The van der Waals surface area contributed by atoms with Crippen LogP contribution in [-0.4, -0.2) is 43.7 Å². The Morgan fingerprint density at radius 3 is 2.93 bits per heavy atom. The van der Waals surface area contributed by atoms with Gasteiger partial charge >= 0.3 is 0 Å². The van der Waals surface area contributed by atoms with Crippen LogP contribution in [0.25, 0.3) is 0 Å². The van der Waals surface area contributed by atoms with E-state index in [0.717, 1.165) is 26.1 Å². The fourth-order valence-corrected chi connectivity index (χ4v) is 1.88. The van der Waals surface area contributed by atoms with Gasteiger partial charge in [0.15, 0.2) is 0 Å². The van der Waals surface area contributed by atoms with Crippen LogP contribution >= 0.6 is 0 Å². The van der Waals surface area contributed by atoms with E-state index < -0.39 is 0 Å². The van der Waals surface area contributed by atoms with Crippen molar-refractivity contribution in [2.24, 2.45) is 11.7 Å². The van der Waals surface area contributed by atoms with Crippen molar-refractivity contribution >= 4 is 5.91 Å². The highest BCUT2D eigenvalue weighted by Gasteiger charge is 2.25. The number of nitrogens with zero attached hydrogens (tertiary/aromatic N) is 1. The third-order valence-electron chi connectivity index (χ3n) is 2.95. The minimum atomic E-state index is -0.224. The maximum absolute atomic E-state index is 10.6. The molecule has 0 aromatic rings. The quantitative estimate of drug-likeness (QED) is 0.706. The van der Waals surface area contributed by atoms with Crippen LogP contribution < -0.4 is 5.73 Å². The Morgan fingerprint density at radius 2 is 2.36 bits per heavy atom. The lowest BCUT2D eigenvalue weighted by molar-refractivity contribution is -0.118. The molecule has 1 aliphatic heterocycles. The number of carbonyl (C=O) groups excluding carboxylic acids is 1. The lowest BCUT2D eigenvalue weighted by Crippen LogP contribution is -2.44. The van der Waals surface area contributed by atoms with E-state index in [1.54, 1.807) is 7.11 Å². The number of nitrogens with two attached hydrogens (primary N) is 1. The van der Waals surface area contributed by atoms with Crippen LogP contribution in [-0.2, 0) is 9.53 Å². The molecule has 0 aromatic carbocycles. The molecule has 0 spiro atoms. The fraction of sp³-hybridized carbons (Fsp3) is 0.900. The van der Waals surface area contributed by atoms with Gasteiger partial charge in [0, 0.05) is 26.6 Å². The Labute approximate surface area is 85.4 Å². The summed E-state index contributed by atoms with van der Waals surface area (Å²) < 4.78 is 5.38. The first-order valence-electron chi connectivity index (χ1n) is 5.17. The number of methoxy groups -OCH3 is 1. The topological polar surface area (TPSA) is 55.6 Å². The van der Waals surface area contributed by atoms with Crippen LogP contribution in [0.5, 0.6) is 0 Å². The summed E-state index contributed by atoms with van der Waals surface area (Å²) in [5, 5.41) is 0. The van der Waals surface area contributed by atoms with Gasteiger partial charge in [0.25, 0.3) is 0 Å². The molecular formula is C10H20N2O2. The molecule has 1 amide bonds. The zero-order valence-corrected chi connectivity index (χ0v) is 9.03. The Hall–Kier alpha value is -0.610. The minimum absolute atomic E-state index is 0.224. The molecule has 2 unspecified atom stereocenters. The minimum Gasteiger partial charge on any atom is -0.380 e. The Morgan fingerprint density at radius 1 is 1.64 bits per heavy atom. The third-order valence-corrected chi connectivity index (χ3v) is 2.95. The van der Waals surface area contributed by atoms with Gasteiger partial charge in [-0.15, -0.1) is 0 Å². The molecule has 1 fully saturated rings. The van der Waals surface area contributed by atoms with Gasteiger partial charge in [-0.05, 0) is 18.9 Å². The van der Waals surface area contributed by atoms with Crippen molar-refractivity contribution in [3.63, 3.8) is 0 Å². The SMILES string of the molecule is COC1CN(CCC(N)=O)CCC1C. The second-order valence-corrected chi connectivity index (χ2v) is 4.06. The molecule has 2 atom stereocenters. The summed E-state index contributed by atoms with van der Waals surface area (Å²) in [6.07, 6.45) is 1.89. The average molecular weight is 200 g/mol. The van der Waals surface area contributed by atoms with Crippen LogP contribution in [0.4, 0.5) is 0 Å². The van der Waals surface area contributed by atoms with E-state index in [9.17, 15) is 4.79 Å². The van der Waals surface area contributed by atoms with Gasteiger partial charge in [0.05, 0.1) is 6.10 Å². The van der Waals surface area contributed by atoms with Crippen molar-refractivity contribution in [3.05, 3.63) is 0 Å². The van der Waals surface area contributed by atoms with Gasteiger partial charge in [-0.2, -0.15) is 0 Å². The van der Waals surface area contributed by atoms with E-state index in [4.69, 9.17) is 10.5 Å². The molecule has 0 aromatic heterocycles. The molecule has 82 valence electrons. The molecule has 14 heavy (non-hydrogen) atoms. The van der Waals surface area contributed by atoms with E-state index in [2.05, 4.69) is 11.8 Å². The van der Waals surface area contributed by atoms with Crippen molar-refractivity contribution < 1.29 is 9.53 Å². The van der Waals surface area contributed by atoms with Crippen molar-refractivity contribution in [3.8, 4) is 0 Å². The summed E-state index contributed by atoms with van der Waals surface area (Å²) in [4.78, 5) is 12.9. The number of likely N-dealkylation sites (tertiary alicyclic amines) is 1. The summed E-state index contributed by atoms with van der Waals surface area (Å²) in [5.74, 6) is 0.391. The second-order valence-electron chi connectivity index (χ2n) is 4.06. The number of carbonyl (C=O) groups is 1. The zero-order valence-electron chi connectivity index (χ0n) is 9.03. The highest BCUT2D eigenvalue weighted by atomic mass is 16.5. The third kappa shape index (κ3) is 3.27. The van der Waals surface area contributed by atoms with Gasteiger partial charge < -0.3 is 15.4 Å². The molecule has 2 N–H and O–H groups in total. The van der Waals surface area contributed by atoms with E-state index in [1.165, 1.54) is 0 Å². The van der Waals surface area contributed by atoms with Gasteiger partial charge in [0.2, 0.25) is 5.91 Å². The standard InChI is InChI=1S/C10H20N2O2/c1-8-3-5-12(6-4-10(11)13)7-9(8)14-2/h8-9H,3-7H2,1-2H3,(H2,11,13). The van der Waals surface area contributed by atoms with Gasteiger partial charge in [-0.1, -0.05) is 6.92 Å². The molecule has 0 bridgehead atoms. The monoisotopic (exact) mass is 200 g/mol. The normalized spacial score (nSPS) is 29.0. The number of piperidine rings is 1. The van der Waals surface area contributed by atoms with Crippen molar-refractivity contribution in [1.29, 1.82) is 0 Å². The summed E-state index contributed by atoms with van der Waals surface area (Å²) in [7, 11) is 1.75. The first kappa shape index (κ1) is 11.5. The fourth-order valence-electron chi connectivity index (χ4n) is 1.88. The average Bonchev–Trinajstić information content (AvgIpc) is 2.16. The Bertz CT molecular complexity index is 197. The summed E-state index contributed by atoms with van der Waals surface area (Å²) >= 11 is 0. The lowest BCUT2D eigenvalue weighted by atomic mass is 9.96. The smallest absolute Gasteiger partial charge is 0.218 e. The first-order chi connectivity index (χ1) is 6.63. The molecule has 1 saturated heterocycles. The van der Waals surface area contributed by atoms with E-state index in [-0.39, 0.29) is 5.91 Å². The summed E-state index contributed by atoms with van der Waals surface area (Å²) in [6.45, 7) is 4.95. The molecule has 0 aliphatic carbocycles. The van der Waals surface area contributed by atoms with E-state index >= 15 is 0 Å². The summed E-state index contributed by atoms with van der Waals surface area (Å²) in [6, 6.07) is 0. The number of ether oxygens (including phenoxy) is 1. The first-order valence-corrected chi connectivity index (χ1v) is 5.17. The lowest BCUT2D eigenvalue weighted by Gasteiger charge is -2.35. The van der Waals surface area contributed by atoms with E-state index in [1.807, 2.05) is 0 Å². The van der Waals surface area contributed by atoms with Crippen molar-refractivity contribution in [1.82, 2.24) is 4.90 Å². The van der Waals surface area contributed by atoms with Crippen LogP contribution in [0.2, 0.25) is 0 Å². The van der Waals surface area contributed by atoms with Crippen LogP contribution in [0, 0.1) is 5.92 Å². The highest BCUT2D eigenvalue weighted by molar-refractivity contribution is 5.73. The molecule has 0 saturated carbocycles. The molecule has 1 rings (SSSR count). The number of amides is 1. The van der Waals surface area contributed by atoms with Crippen molar-refractivity contribution in [2.45, 2.75) is 25.9 Å². The van der Waals surface area contributed by atoms with Crippen molar-refractivity contribution in [2.75, 3.05) is 26.7 Å². The van der Waals surface area contributed by atoms with Gasteiger partial charge in [-0.3, -0.25) is 4.79 Å². The molecule has 1 aliphatic rings. The molecule has 4 heteroatoms. The van der Waals surface area contributed by atoms with Crippen LogP contribution in [0.15, 0.2) is 0 Å².